The van der Waals surface area contributed by atoms with E-state index in [1.165, 1.54) is 0 Å². The molecular weight excluding hydrogens is 669 g/mol. The summed E-state index contributed by atoms with van der Waals surface area (Å²) in [5.41, 5.74) is 14.5. The first-order valence-corrected chi connectivity index (χ1v) is 18.4. The summed E-state index contributed by atoms with van der Waals surface area (Å²) in [5, 5.41) is 5.48. The van der Waals surface area contributed by atoms with E-state index >= 15 is 0 Å². The van der Waals surface area contributed by atoms with Crippen LogP contribution in [0.4, 0.5) is 0 Å². The summed E-state index contributed by atoms with van der Waals surface area (Å²) in [6, 6.07) is 55.4. The van der Waals surface area contributed by atoms with Crippen molar-refractivity contribution in [3.8, 4) is 55.1 Å². The predicted molar refractivity (Wildman–Crippen MR) is 219 cm³/mol. The molecule has 4 heterocycles. The fourth-order valence-corrected chi connectivity index (χ4v) is 8.67. The molecule has 0 aliphatic carbocycles. The van der Waals surface area contributed by atoms with Crippen LogP contribution >= 0.6 is 11.3 Å². The Morgan fingerprint density at radius 2 is 0.962 bits per heavy atom. The molecule has 0 spiro atoms. The van der Waals surface area contributed by atoms with Crippen molar-refractivity contribution >= 4 is 65.4 Å². The van der Waals surface area contributed by atoms with E-state index in [-0.39, 0.29) is 0 Å². The van der Waals surface area contributed by atoms with Crippen LogP contribution in [0.3, 0.4) is 0 Å². The molecular formula is C48H28N2O2S. The molecule has 0 aliphatic heterocycles. The maximum absolute atomic E-state index is 6.37. The fraction of sp³-hybridized carbons (Fsp3) is 0. The van der Waals surface area contributed by atoms with Gasteiger partial charge in [-0.05, 0) is 64.2 Å². The van der Waals surface area contributed by atoms with Crippen molar-refractivity contribution in [1.82, 2.24) is 9.97 Å². The highest BCUT2D eigenvalue weighted by atomic mass is 32.1. The highest BCUT2D eigenvalue weighted by Gasteiger charge is 2.17. The molecule has 0 bridgehead atoms. The van der Waals surface area contributed by atoms with Crippen molar-refractivity contribution in [2.75, 3.05) is 0 Å². The van der Waals surface area contributed by atoms with E-state index in [1.54, 1.807) is 17.5 Å². The van der Waals surface area contributed by atoms with E-state index in [1.807, 2.05) is 36.5 Å². The minimum absolute atomic E-state index is 0.901. The zero-order chi connectivity index (χ0) is 34.9. The third-order valence-corrected chi connectivity index (χ3v) is 11.3. The van der Waals surface area contributed by atoms with Crippen LogP contribution in [0.25, 0.3) is 109 Å². The first-order valence-electron chi connectivity index (χ1n) is 17.6. The number of benzene rings is 7. The Bertz CT molecular complexity index is 3150. The molecule has 0 radical (unpaired) electrons. The van der Waals surface area contributed by atoms with E-state index in [4.69, 9.17) is 13.8 Å². The standard InChI is InChI=1S/C48H28N2O2S/c1-3-15-42-37(9-1)39-13-5-11-35(46(39)51-42)30-19-17-29(18-20-30)34-26-41(45-44(27-34)53-48(50-45)33-8-7-25-49-28-33)32-23-21-31(22-24-32)36-12-6-14-40-38-10-2-4-16-43(38)52-47(36)40/h1-28H. The molecule has 4 nitrogen and oxygen atoms in total. The van der Waals surface area contributed by atoms with Crippen molar-refractivity contribution < 1.29 is 8.83 Å². The SMILES string of the molecule is c1cncc(-c2nc3c(-c4ccc(-c5cccc6c5oc5ccccc56)cc4)cc(-c4ccc(-c5cccc6c5oc5ccccc56)cc4)cc3s2)c1. The number of para-hydroxylation sites is 4. The van der Waals surface area contributed by atoms with Gasteiger partial charge >= 0.3 is 0 Å². The summed E-state index contributed by atoms with van der Waals surface area (Å²) in [7, 11) is 0. The number of nitrogens with zero attached hydrogens (tertiary/aromatic N) is 2. The van der Waals surface area contributed by atoms with Gasteiger partial charge < -0.3 is 8.83 Å². The molecule has 248 valence electrons. The van der Waals surface area contributed by atoms with Crippen molar-refractivity contribution in [1.29, 1.82) is 0 Å². The van der Waals surface area contributed by atoms with Crippen molar-refractivity contribution in [2.45, 2.75) is 0 Å². The van der Waals surface area contributed by atoms with E-state index in [0.717, 1.165) is 109 Å². The molecule has 0 unspecified atom stereocenters. The number of hydrogen-bond donors (Lipinski definition) is 0. The average Bonchev–Trinajstić information content (AvgIpc) is 3.95. The van der Waals surface area contributed by atoms with Gasteiger partial charge in [0, 0.05) is 56.2 Å². The summed E-state index contributed by atoms with van der Waals surface area (Å²) < 4.78 is 13.9. The quantitative estimate of drug-likeness (QED) is 0.180. The van der Waals surface area contributed by atoms with Crippen LogP contribution < -0.4 is 0 Å². The van der Waals surface area contributed by atoms with Crippen LogP contribution in [-0.2, 0) is 0 Å². The average molecular weight is 697 g/mol. The minimum Gasteiger partial charge on any atom is -0.455 e. The number of hydrogen-bond acceptors (Lipinski definition) is 5. The third kappa shape index (κ3) is 4.90. The number of thiazole rings is 1. The smallest absolute Gasteiger partial charge is 0.143 e. The second-order valence-corrected chi connectivity index (χ2v) is 14.4. The zero-order valence-corrected chi connectivity index (χ0v) is 29.1. The maximum Gasteiger partial charge on any atom is 0.143 e. The molecule has 11 rings (SSSR count). The Balaban J connectivity index is 1.02. The zero-order valence-electron chi connectivity index (χ0n) is 28.3. The third-order valence-electron chi connectivity index (χ3n) is 10.2. The van der Waals surface area contributed by atoms with Crippen LogP contribution in [-0.4, -0.2) is 9.97 Å². The van der Waals surface area contributed by atoms with Crippen LogP contribution in [0.2, 0.25) is 0 Å². The highest BCUT2D eigenvalue weighted by molar-refractivity contribution is 7.21. The summed E-state index contributed by atoms with van der Waals surface area (Å²) >= 11 is 1.70. The van der Waals surface area contributed by atoms with Gasteiger partial charge in [0.05, 0.1) is 10.2 Å². The lowest BCUT2D eigenvalue weighted by Crippen LogP contribution is -1.87. The molecule has 0 saturated heterocycles. The predicted octanol–water partition coefficient (Wildman–Crippen LogP) is 13.8. The molecule has 0 aliphatic rings. The normalized spacial score (nSPS) is 11.8. The summed E-state index contributed by atoms with van der Waals surface area (Å²) in [5.74, 6) is 0. The monoisotopic (exact) mass is 696 g/mol. The van der Waals surface area contributed by atoms with Gasteiger partial charge in [-0.3, -0.25) is 4.98 Å². The summed E-state index contributed by atoms with van der Waals surface area (Å²) in [4.78, 5) is 9.56. The van der Waals surface area contributed by atoms with Gasteiger partial charge in [0.15, 0.2) is 0 Å². The maximum atomic E-state index is 6.37. The Labute approximate surface area is 308 Å². The molecule has 5 heteroatoms. The minimum atomic E-state index is 0.901. The fourth-order valence-electron chi connectivity index (χ4n) is 7.65. The first kappa shape index (κ1) is 29.9. The van der Waals surface area contributed by atoms with Gasteiger partial charge in [0.25, 0.3) is 0 Å². The van der Waals surface area contributed by atoms with Crippen LogP contribution in [0, 0.1) is 0 Å². The van der Waals surface area contributed by atoms with Crippen LogP contribution in [0.1, 0.15) is 0 Å². The van der Waals surface area contributed by atoms with Crippen molar-refractivity contribution in [2.24, 2.45) is 0 Å². The van der Waals surface area contributed by atoms with Gasteiger partial charge in [-0.15, -0.1) is 11.3 Å². The molecule has 0 N–H and O–H groups in total. The molecule has 0 atom stereocenters. The lowest BCUT2D eigenvalue weighted by Gasteiger charge is -2.10. The number of rotatable bonds is 5. The van der Waals surface area contributed by atoms with Crippen LogP contribution in [0.5, 0.6) is 0 Å². The van der Waals surface area contributed by atoms with E-state index < -0.39 is 0 Å². The molecule has 0 saturated carbocycles. The largest absolute Gasteiger partial charge is 0.455 e. The van der Waals surface area contributed by atoms with Gasteiger partial charge in [-0.25, -0.2) is 4.98 Å². The van der Waals surface area contributed by atoms with E-state index in [2.05, 4.69) is 132 Å². The van der Waals surface area contributed by atoms with Crippen molar-refractivity contribution in [3.63, 3.8) is 0 Å². The summed E-state index contributed by atoms with van der Waals surface area (Å²) in [6.07, 6.45) is 3.68. The number of fused-ring (bicyclic) bond motifs is 7. The van der Waals surface area contributed by atoms with Gasteiger partial charge in [-0.2, -0.15) is 0 Å². The lowest BCUT2D eigenvalue weighted by molar-refractivity contribution is 0.669. The lowest BCUT2D eigenvalue weighted by atomic mass is 9.94. The Hall–Kier alpha value is -6.82. The van der Waals surface area contributed by atoms with Gasteiger partial charge in [0.1, 0.15) is 27.3 Å². The molecule has 4 aromatic heterocycles. The van der Waals surface area contributed by atoms with Crippen molar-refractivity contribution in [3.05, 3.63) is 170 Å². The Morgan fingerprint density at radius 1 is 0.415 bits per heavy atom. The second kappa shape index (κ2) is 11.9. The molecule has 7 aromatic carbocycles. The van der Waals surface area contributed by atoms with Crippen LogP contribution in [0.15, 0.2) is 179 Å². The number of furan rings is 2. The molecule has 0 amide bonds. The van der Waals surface area contributed by atoms with Gasteiger partial charge in [-0.1, -0.05) is 121 Å². The highest BCUT2D eigenvalue weighted by Crippen LogP contribution is 2.42. The molecule has 11 aromatic rings. The van der Waals surface area contributed by atoms with E-state index in [9.17, 15) is 0 Å². The van der Waals surface area contributed by atoms with Gasteiger partial charge in [0.2, 0.25) is 0 Å². The second-order valence-electron chi connectivity index (χ2n) is 13.3. The number of pyridine rings is 1. The molecule has 53 heavy (non-hydrogen) atoms. The Morgan fingerprint density at radius 3 is 1.55 bits per heavy atom. The van der Waals surface area contributed by atoms with E-state index in [0.29, 0.717) is 0 Å². The molecule has 0 fully saturated rings. The Kier molecular flexibility index (Phi) is 6.69. The summed E-state index contributed by atoms with van der Waals surface area (Å²) in [6.45, 7) is 0. The number of aromatic nitrogens is 2. The first-order chi connectivity index (χ1) is 26.2. The topological polar surface area (TPSA) is 52.1 Å².